The van der Waals surface area contributed by atoms with E-state index in [0.717, 1.165) is 18.9 Å². The van der Waals surface area contributed by atoms with Crippen LogP contribution in [0.5, 0.6) is 0 Å². The van der Waals surface area contributed by atoms with Crippen molar-refractivity contribution in [2.75, 3.05) is 19.6 Å². The van der Waals surface area contributed by atoms with Gasteiger partial charge in [0.2, 0.25) is 10.6 Å². The van der Waals surface area contributed by atoms with Crippen molar-refractivity contribution in [3.8, 4) is 0 Å². The summed E-state index contributed by atoms with van der Waals surface area (Å²) < 4.78 is 5.53. The molecule has 0 aliphatic carbocycles. The van der Waals surface area contributed by atoms with E-state index in [0.29, 0.717) is 4.73 Å². The van der Waals surface area contributed by atoms with Gasteiger partial charge in [-0.1, -0.05) is 0 Å². The first-order chi connectivity index (χ1) is 6.34. The largest absolute Gasteiger partial charge is 0.338 e. The summed E-state index contributed by atoms with van der Waals surface area (Å²) in [6.45, 7) is 3.47. The molecule has 4 nitrogen and oxygen atoms in total. The third-order valence-corrected chi connectivity index (χ3v) is 2.61. The normalized spacial score (nSPS) is 18.2. The Morgan fingerprint density at radius 3 is 2.77 bits per heavy atom. The molecular formula is C8H12BrN3O. The summed E-state index contributed by atoms with van der Waals surface area (Å²) in [5.41, 5.74) is 0. The van der Waals surface area contributed by atoms with Gasteiger partial charge in [-0.15, -0.1) is 0 Å². The SMILES string of the molecule is Brc1noc(CCN2CCCC2)n1. The first kappa shape index (κ1) is 9.15. The zero-order chi connectivity index (χ0) is 9.10. The first-order valence-electron chi connectivity index (χ1n) is 4.55. The Morgan fingerprint density at radius 1 is 1.38 bits per heavy atom. The van der Waals surface area contributed by atoms with E-state index in [9.17, 15) is 0 Å². The van der Waals surface area contributed by atoms with Crippen LogP contribution in [0.3, 0.4) is 0 Å². The lowest BCUT2D eigenvalue weighted by atomic mass is 10.4. The van der Waals surface area contributed by atoms with E-state index < -0.39 is 0 Å². The zero-order valence-corrected chi connectivity index (χ0v) is 8.96. The average Bonchev–Trinajstić information content (AvgIpc) is 2.71. The second-order valence-electron chi connectivity index (χ2n) is 3.26. The van der Waals surface area contributed by atoms with Gasteiger partial charge in [0, 0.05) is 13.0 Å². The number of hydrogen-bond donors (Lipinski definition) is 0. The van der Waals surface area contributed by atoms with E-state index in [2.05, 4.69) is 31.0 Å². The van der Waals surface area contributed by atoms with Crippen LogP contribution in [-0.2, 0) is 6.42 Å². The summed E-state index contributed by atoms with van der Waals surface area (Å²) in [5, 5.41) is 3.67. The van der Waals surface area contributed by atoms with Crippen molar-refractivity contribution >= 4 is 15.9 Å². The summed E-state index contributed by atoms with van der Waals surface area (Å²) in [6, 6.07) is 0. The molecule has 2 rings (SSSR count). The van der Waals surface area contributed by atoms with Crippen LogP contribution in [0.4, 0.5) is 0 Å². The fraction of sp³-hybridized carbons (Fsp3) is 0.750. The van der Waals surface area contributed by atoms with Crippen molar-refractivity contribution in [2.24, 2.45) is 0 Å². The maximum absolute atomic E-state index is 4.99. The predicted octanol–water partition coefficient (Wildman–Crippen LogP) is 1.47. The molecule has 2 heterocycles. The molecule has 1 aliphatic heterocycles. The molecule has 0 radical (unpaired) electrons. The van der Waals surface area contributed by atoms with Crippen LogP contribution in [-0.4, -0.2) is 34.7 Å². The lowest BCUT2D eigenvalue weighted by Crippen LogP contribution is -2.21. The van der Waals surface area contributed by atoms with Gasteiger partial charge in [0.15, 0.2) is 0 Å². The minimum Gasteiger partial charge on any atom is -0.338 e. The summed E-state index contributed by atoms with van der Waals surface area (Å²) >= 11 is 3.16. The monoisotopic (exact) mass is 245 g/mol. The van der Waals surface area contributed by atoms with Crippen LogP contribution in [0, 0.1) is 0 Å². The number of nitrogens with zero attached hydrogens (tertiary/aromatic N) is 3. The number of rotatable bonds is 3. The highest BCUT2D eigenvalue weighted by molar-refractivity contribution is 9.10. The molecule has 0 aromatic carbocycles. The average molecular weight is 246 g/mol. The van der Waals surface area contributed by atoms with Gasteiger partial charge in [-0.2, -0.15) is 4.98 Å². The van der Waals surface area contributed by atoms with Crippen molar-refractivity contribution in [1.29, 1.82) is 0 Å². The van der Waals surface area contributed by atoms with Crippen molar-refractivity contribution in [3.05, 3.63) is 10.6 Å². The Balaban J connectivity index is 1.78. The predicted molar refractivity (Wildman–Crippen MR) is 51.4 cm³/mol. The molecule has 72 valence electrons. The molecule has 1 fully saturated rings. The van der Waals surface area contributed by atoms with Crippen molar-refractivity contribution < 1.29 is 4.52 Å². The molecule has 5 heteroatoms. The van der Waals surface area contributed by atoms with Gasteiger partial charge in [-0.3, -0.25) is 0 Å². The van der Waals surface area contributed by atoms with E-state index in [4.69, 9.17) is 4.52 Å². The highest BCUT2D eigenvalue weighted by atomic mass is 79.9. The number of aromatic nitrogens is 2. The Bertz CT molecular complexity index is 270. The summed E-state index contributed by atoms with van der Waals surface area (Å²) in [6.07, 6.45) is 3.51. The molecule has 0 amide bonds. The van der Waals surface area contributed by atoms with Crippen LogP contribution < -0.4 is 0 Å². The lowest BCUT2D eigenvalue weighted by molar-refractivity contribution is 0.311. The second kappa shape index (κ2) is 4.19. The molecule has 0 spiro atoms. The molecule has 0 unspecified atom stereocenters. The van der Waals surface area contributed by atoms with Crippen LogP contribution in [0.25, 0.3) is 0 Å². The highest BCUT2D eigenvalue weighted by Gasteiger charge is 2.12. The summed E-state index contributed by atoms with van der Waals surface area (Å²) in [5.74, 6) is 0.721. The Hall–Kier alpha value is -0.420. The zero-order valence-electron chi connectivity index (χ0n) is 7.37. The minimum absolute atomic E-state index is 0.545. The van der Waals surface area contributed by atoms with Gasteiger partial charge in [0.1, 0.15) is 0 Å². The summed E-state index contributed by atoms with van der Waals surface area (Å²) in [7, 11) is 0. The van der Waals surface area contributed by atoms with Gasteiger partial charge in [-0.25, -0.2) is 0 Å². The minimum atomic E-state index is 0.545. The molecule has 0 N–H and O–H groups in total. The molecule has 1 saturated heterocycles. The molecule has 1 aliphatic rings. The Morgan fingerprint density at radius 2 is 2.15 bits per heavy atom. The van der Waals surface area contributed by atoms with Crippen LogP contribution >= 0.6 is 15.9 Å². The first-order valence-corrected chi connectivity index (χ1v) is 5.34. The standard InChI is InChI=1S/C8H12BrN3O/c9-8-10-7(13-11-8)3-6-12-4-1-2-5-12/h1-6H2. The van der Waals surface area contributed by atoms with Gasteiger partial charge < -0.3 is 9.42 Å². The van der Waals surface area contributed by atoms with Gasteiger partial charge >= 0.3 is 0 Å². The third kappa shape index (κ3) is 2.51. The lowest BCUT2D eigenvalue weighted by Gasteiger charge is -2.11. The van der Waals surface area contributed by atoms with E-state index >= 15 is 0 Å². The van der Waals surface area contributed by atoms with Crippen LogP contribution in [0.2, 0.25) is 0 Å². The van der Waals surface area contributed by atoms with Gasteiger partial charge in [-0.05, 0) is 47.0 Å². The van der Waals surface area contributed by atoms with E-state index in [1.165, 1.54) is 25.9 Å². The van der Waals surface area contributed by atoms with Crippen LogP contribution in [0.15, 0.2) is 9.26 Å². The van der Waals surface area contributed by atoms with Gasteiger partial charge in [0.25, 0.3) is 0 Å². The van der Waals surface area contributed by atoms with Crippen molar-refractivity contribution in [3.63, 3.8) is 0 Å². The topological polar surface area (TPSA) is 42.2 Å². The Kier molecular flexibility index (Phi) is 2.95. The fourth-order valence-electron chi connectivity index (χ4n) is 1.60. The number of likely N-dealkylation sites (tertiary alicyclic amines) is 1. The molecule has 1 aromatic heterocycles. The molecule has 13 heavy (non-hydrogen) atoms. The molecule has 0 saturated carbocycles. The smallest absolute Gasteiger partial charge is 0.238 e. The van der Waals surface area contributed by atoms with Crippen molar-refractivity contribution in [1.82, 2.24) is 15.0 Å². The third-order valence-electron chi connectivity index (χ3n) is 2.28. The molecule has 0 bridgehead atoms. The van der Waals surface area contributed by atoms with Gasteiger partial charge in [0.05, 0.1) is 0 Å². The fourth-order valence-corrected chi connectivity index (χ4v) is 1.87. The van der Waals surface area contributed by atoms with E-state index in [-0.39, 0.29) is 0 Å². The molecular weight excluding hydrogens is 234 g/mol. The Labute approximate surface area is 85.4 Å². The number of halogens is 1. The number of hydrogen-bond acceptors (Lipinski definition) is 4. The van der Waals surface area contributed by atoms with E-state index in [1.807, 2.05) is 0 Å². The second-order valence-corrected chi connectivity index (χ2v) is 3.97. The summed E-state index contributed by atoms with van der Waals surface area (Å²) in [4.78, 5) is 6.51. The quantitative estimate of drug-likeness (QED) is 0.809. The highest BCUT2D eigenvalue weighted by Crippen LogP contribution is 2.09. The molecule has 1 aromatic rings. The maximum atomic E-state index is 4.99. The van der Waals surface area contributed by atoms with Crippen molar-refractivity contribution in [2.45, 2.75) is 19.3 Å². The van der Waals surface area contributed by atoms with E-state index in [1.54, 1.807) is 0 Å². The molecule has 0 atom stereocenters. The maximum Gasteiger partial charge on any atom is 0.238 e. The van der Waals surface area contributed by atoms with Crippen LogP contribution in [0.1, 0.15) is 18.7 Å².